The highest BCUT2D eigenvalue weighted by Crippen LogP contribution is 2.44. The Bertz CT molecular complexity index is 448. The van der Waals surface area contributed by atoms with E-state index >= 15 is 0 Å². The van der Waals surface area contributed by atoms with Gasteiger partial charge in [0.05, 0.1) is 0 Å². The number of nitrogens with one attached hydrogen (secondary N) is 1. The molecule has 1 aromatic carbocycles. The lowest BCUT2D eigenvalue weighted by molar-refractivity contribution is -0.118. The Labute approximate surface area is 116 Å². The number of fused-ring (bicyclic) bond motifs is 2. The van der Waals surface area contributed by atoms with Gasteiger partial charge in [0.1, 0.15) is 0 Å². The number of hydrogen-bond donors (Lipinski definition) is 1. The van der Waals surface area contributed by atoms with Crippen LogP contribution < -0.4 is 5.32 Å². The van der Waals surface area contributed by atoms with Crippen LogP contribution in [-0.4, -0.2) is 30.9 Å². The molecule has 1 amide bonds. The average Bonchev–Trinajstić information content (AvgIpc) is 2.44. The van der Waals surface area contributed by atoms with Crippen LogP contribution in [0.4, 0.5) is 5.69 Å². The molecule has 1 saturated heterocycles. The van der Waals surface area contributed by atoms with Gasteiger partial charge in [-0.15, -0.1) is 0 Å². The third-order valence-corrected chi connectivity index (χ3v) is 4.22. The molecule has 1 aromatic rings. The van der Waals surface area contributed by atoms with Gasteiger partial charge in [0.25, 0.3) is 0 Å². The molecule has 2 aliphatic heterocycles. The molecule has 2 heterocycles. The van der Waals surface area contributed by atoms with Crippen molar-refractivity contribution in [3.63, 3.8) is 0 Å². The molecule has 1 fully saturated rings. The molecule has 0 bridgehead atoms. The maximum absolute atomic E-state index is 11.9. The number of rotatable bonds is 0. The zero-order valence-corrected chi connectivity index (χ0v) is 12.2. The van der Waals surface area contributed by atoms with Gasteiger partial charge in [0.2, 0.25) is 5.91 Å². The first kappa shape index (κ1) is 14.1. The van der Waals surface area contributed by atoms with Crippen LogP contribution in [0.1, 0.15) is 38.7 Å². The summed E-state index contributed by atoms with van der Waals surface area (Å²) >= 11 is 0. The topological polar surface area (TPSA) is 32.3 Å². The quantitative estimate of drug-likeness (QED) is 0.777. The molecule has 0 atom stereocenters. The standard InChI is InChI=1S/C14H18N2O.C2H6/c1-16-8-6-14(7-9-16)10-13(17)15-12-5-3-2-4-11(12)14;1-2/h2-5H,6-10H2,1H3,(H,15,17);1-2H3. The summed E-state index contributed by atoms with van der Waals surface area (Å²) in [4.78, 5) is 14.2. The Morgan fingerprint density at radius 2 is 1.79 bits per heavy atom. The number of likely N-dealkylation sites (tertiary alicyclic amines) is 1. The van der Waals surface area contributed by atoms with Crippen LogP contribution in [0, 0.1) is 0 Å². The molecule has 3 nitrogen and oxygen atoms in total. The van der Waals surface area contributed by atoms with E-state index < -0.39 is 0 Å². The smallest absolute Gasteiger partial charge is 0.225 e. The average molecular weight is 260 g/mol. The van der Waals surface area contributed by atoms with Gasteiger partial charge in [-0.1, -0.05) is 32.0 Å². The first-order valence-electron chi connectivity index (χ1n) is 7.28. The Morgan fingerprint density at radius 3 is 2.47 bits per heavy atom. The van der Waals surface area contributed by atoms with Gasteiger partial charge in [0.15, 0.2) is 0 Å². The lowest BCUT2D eigenvalue weighted by Gasteiger charge is -2.44. The van der Waals surface area contributed by atoms with Crippen molar-refractivity contribution in [2.45, 2.75) is 38.5 Å². The molecule has 1 spiro atoms. The first-order valence-corrected chi connectivity index (χ1v) is 7.28. The molecule has 19 heavy (non-hydrogen) atoms. The van der Waals surface area contributed by atoms with Crippen molar-refractivity contribution < 1.29 is 4.79 Å². The number of benzene rings is 1. The van der Waals surface area contributed by atoms with E-state index in [0.29, 0.717) is 6.42 Å². The summed E-state index contributed by atoms with van der Waals surface area (Å²) in [5.74, 6) is 0.174. The first-order chi connectivity index (χ1) is 9.20. The molecule has 0 radical (unpaired) electrons. The number of nitrogens with zero attached hydrogens (tertiary/aromatic N) is 1. The molecule has 104 valence electrons. The molecule has 0 aliphatic carbocycles. The van der Waals surface area contributed by atoms with Gasteiger partial charge < -0.3 is 10.2 Å². The Hall–Kier alpha value is -1.35. The molecule has 2 aliphatic rings. The van der Waals surface area contributed by atoms with Crippen LogP contribution >= 0.6 is 0 Å². The van der Waals surface area contributed by atoms with E-state index in [-0.39, 0.29) is 11.3 Å². The number of carbonyl (C=O) groups excluding carboxylic acids is 1. The summed E-state index contributed by atoms with van der Waals surface area (Å²) in [5, 5.41) is 2.99. The summed E-state index contributed by atoms with van der Waals surface area (Å²) in [6, 6.07) is 8.27. The predicted molar refractivity (Wildman–Crippen MR) is 79.4 cm³/mol. The minimum atomic E-state index is 0.0887. The van der Waals surface area contributed by atoms with E-state index in [9.17, 15) is 4.79 Å². The van der Waals surface area contributed by atoms with Gasteiger partial charge in [-0.3, -0.25) is 4.79 Å². The molecular weight excluding hydrogens is 236 g/mol. The monoisotopic (exact) mass is 260 g/mol. The molecule has 3 rings (SSSR count). The predicted octanol–water partition coefficient (Wildman–Crippen LogP) is 3.02. The van der Waals surface area contributed by atoms with Gasteiger partial charge in [-0.05, 0) is 44.6 Å². The minimum Gasteiger partial charge on any atom is -0.326 e. The lowest BCUT2D eigenvalue weighted by Crippen LogP contribution is -2.45. The van der Waals surface area contributed by atoms with Crippen molar-refractivity contribution in [2.75, 3.05) is 25.5 Å². The number of amides is 1. The summed E-state index contributed by atoms with van der Waals surface area (Å²) in [5.41, 5.74) is 2.45. The lowest BCUT2D eigenvalue weighted by atomic mass is 9.68. The molecule has 1 N–H and O–H groups in total. The van der Waals surface area contributed by atoms with Crippen molar-refractivity contribution in [2.24, 2.45) is 0 Å². The van der Waals surface area contributed by atoms with Crippen molar-refractivity contribution in [1.82, 2.24) is 4.90 Å². The van der Waals surface area contributed by atoms with Gasteiger partial charge in [-0.25, -0.2) is 0 Å². The fourth-order valence-corrected chi connectivity index (χ4v) is 3.14. The molecule has 3 heteroatoms. The van der Waals surface area contributed by atoms with Crippen molar-refractivity contribution in [3.8, 4) is 0 Å². The summed E-state index contributed by atoms with van der Waals surface area (Å²) in [7, 11) is 2.15. The number of para-hydroxylation sites is 1. The summed E-state index contributed by atoms with van der Waals surface area (Å²) in [6.07, 6.45) is 2.83. The second-order valence-corrected chi connectivity index (χ2v) is 5.35. The Morgan fingerprint density at radius 1 is 1.16 bits per heavy atom. The minimum absolute atomic E-state index is 0.0887. The zero-order chi connectivity index (χ0) is 13.9. The maximum atomic E-state index is 11.9. The SMILES string of the molecule is CC.CN1CCC2(CC1)CC(=O)Nc1ccccc12. The molecule has 0 saturated carbocycles. The van der Waals surface area contributed by atoms with E-state index in [1.54, 1.807) is 0 Å². The van der Waals surface area contributed by atoms with Gasteiger partial charge in [-0.2, -0.15) is 0 Å². The van der Waals surface area contributed by atoms with Crippen LogP contribution in [0.2, 0.25) is 0 Å². The van der Waals surface area contributed by atoms with Crippen molar-refractivity contribution >= 4 is 11.6 Å². The molecule has 0 unspecified atom stereocenters. The van der Waals surface area contributed by atoms with E-state index in [1.807, 2.05) is 26.0 Å². The highest BCUT2D eigenvalue weighted by Gasteiger charge is 2.41. The third-order valence-electron chi connectivity index (χ3n) is 4.22. The van der Waals surface area contributed by atoms with E-state index in [1.165, 1.54) is 5.56 Å². The van der Waals surface area contributed by atoms with E-state index in [2.05, 4.69) is 29.4 Å². The number of anilines is 1. The van der Waals surface area contributed by atoms with Crippen LogP contribution in [-0.2, 0) is 10.2 Å². The van der Waals surface area contributed by atoms with E-state index in [4.69, 9.17) is 0 Å². The van der Waals surface area contributed by atoms with Gasteiger partial charge in [0, 0.05) is 17.5 Å². The second-order valence-electron chi connectivity index (χ2n) is 5.35. The maximum Gasteiger partial charge on any atom is 0.225 e. The number of hydrogen-bond acceptors (Lipinski definition) is 2. The highest BCUT2D eigenvalue weighted by atomic mass is 16.1. The third kappa shape index (κ3) is 2.66. The van der Waals surface area contributed by atoms with Crippen LogP contribution in [0.5, 0.6) is 0 Å². The summed E-state index contributed by atoms with van der Waals surface area (Å²) in [6.45, 7) is 6.17. The number of piperidine rings is 1. The second kappa shape index (κ2) is 5.74. The normalized spacial score (nSPS) is 21.1. The van der Waals surface area contributed by atoms with Gasteiger partial charge >= 0.3 is 0 Å². The molecular formula is C16H24N2O. The van der Waals surface area contributed by atoms with Crippen LogP contribution in [0.15, 0.2) is 24.3 Å². The fourth-order valence-electron chi connectivity index (χ4n) is 3.14. The Balaban J connectivity index is 0.000000637. The van der Waals surface area contributed by atoms with Crippen LogP contribution in [0.25, 0.3) is 0 Å². The number of carbonyl (C=O) groups is 1. The fraction of sp³-hybridized carbons (Fsp3) is 0.562. The zero-order valence-electron chi connectivity index (χ0n) is 12.2. The van der Waals surface area contributed by atoms with E-state index in [0.717, 1.165) is 31.6 Å². The van der Waals surface area contributed by atoms with Crippen LogP contribution in [0.3, 0.4) is 0 Å². The van der Waals surface area contributed by atoms with Crippen molar-refractivity contribution in [3.05, 3.63) is 29.8 Å². The summed E-state index contributed by atoms with van der Waals surface area (Å²) < 4.78 is 0. The van der Waals surface area contributed by atoms with Crippen molar-refractivity contribution in [1.29, 1.82) is 0 Å². The molecule has 0 aromatic heterocycles. The Kier molecular flexibility index (Phi) is 4.25. The largest absolute Gasteiger partial charge is 0.326 e. The highest BCUT2D eigenvalue weighted by molar-refractivity contribution is 5.95.